The van der Waals surface area contributed by atoms with Gasteiger partial charge in [0.15, 0.2) is 4.34 Å². The molecule has 102 valence electrons. The van der Waals surface area contributed by atoms with Crippen LogP contribution in [0.2, 0.25) is 0 Å². The summed E-state index contributed by atoms with van der Waals surface area (Å²) in [5.74, 6) is 0. The summed E-state index contributed by atoms with van der Waals surface area (Å²) < 4.78 is 11.1. The highest BCUT2D eigenvalue weighted by Crippen LogP contribution is 2.32. The Balaban J connectivity index is 2.04. The van der Waals surface area contributed by atoms with Crippen molar-refractivity contribution >= 4 is 39.2 Å². The summed E-state index contributed by atoms with van der Waals surface area (Å²) in [6.45, 7) is 2.38. The van der Waals surface area contributed by atoms with Crippen molar-refractivity contribution in [2.24, 2.45) is 0 Å². The number of hydrogen-bond acceptors (Lipinski definition) is 6. The maximum absolute atomic E-state index is 5.02. The van der Waals surface area contributed by atoms with Crippen molar-refractivity contribution in [1.29, 1.82) is 0 Å². The summed E-state index contributed by atoms with van der Waals surface area (Å²) in [7, 11) is 1.71. The van der Waals surface area contributed by atoms with Crippen molar-refractivity contribution in [1.82, 2.24) is 14.7 Å². The zero-order chi connectivity index (χ0) is 13.5. The predicted molar refractivity (Wildman–Crippen MR) is 81.8 cm³/mol. The van der Waals surface area contributed by atoms with E-state index in [1.165, 1.54) is 22.0 Å². The second-order valence-electron chi connectivity index (χ2n) is 3.73. The molecule has 4 nitrogen and oxygen atoms in total. The minimum absolute atomic E-state index is 0.718. The van der Waals surface area contributed by atoms with Crippen molar-refractivity contribution < 1.29 is 4.74 Å². The quantitative estimate of drug-likeness (QED) is 0.769. The lowest BCUT2D eigenvalue weighted by atomic mass is 10.2. The van der Waals surface area contributed by atoms with E-state index in [-0.39, 0.29) is 0 Å². The number of hydrogen-bond donors (Lipinski definition) is 1. The Morgan fingerprint density at radius 2 is 2.37 bits per heavy atom. The SMILES string of the molecule is COCCNCc1ccc(Br)cc1Sc1ncns1. The molecule has 2 aromatic rings. The predicted octanol–water partition coefficient (Wildman–Crippen LogP) is 3.19. The molecule has 0 unspecified atom stereocenters. The van der Waals surface area contributed by atoms with E-state index in [0.29, 0.717) is 0 Å². The molecule has 0 aliphatic carbocycles. The monoisotopic (exact) mass is 359 g/mol. The first kappa shape index (κ1) is 14.9. The summed E-state index contributed by atoms with van der Waals surface area (Å²) in [5, 5.41) is 3.36. The molecule has 0 fully saturated rings. The fourth-order valence-corrected chi connectivity index (χ4v) is 3.55. The molecule has 0 aliphatic heterocycles. The van der Waals surface area contributed by atoms with Crippen LogP contribution in [-0.2, 0) is 11.3 Å². The van der Waals surface area contributed by atoms with Gasteiger partial charge in [-0.25, -0.2) is 4.98 Å². The third-order valence-corrected chi connectivity index (χ3v) is 4.67. The van der Waals surface area contributed by atoms with Gasteiger partial charge in [-0.15, -0.1) is 0 Å². The fraction of sp³-hybridized carbons (Fsp3) is 0.333. The molecule has 7 heteroatoms. The van der Waals surface area contributed by atoms with Crippen molar-refractivity contribution in [3.63, 3.8) is 0 Å². The molecule has 1 heterocycles. The molecule has 0 spiro atoms. The van der Waals surface area contributed by atoms with E-state index in [9.17, 15) is 0 Å². The average molecular weight is 360 g/mol. The first-order valence-corrected chi connectivity index (χ1v) is 8.10. The third-order valence-electron chi connectivity index (χ3n) is 2.37. The van der Waals surface area contributed by atoms with Crippen LogP contribution in [0, 0.1) is 0 Å². The number of methoxy groups -OCH3 is 1. The normalized spacial score (nSPS) is 10.8. The van der Waals surface area contributed by atoms with Crippen molar-refractivity contribution in [3.05, 3.63) is 34.6 Å². The van der Waals surface area contributed by atoms with Crippen molar-refractivity contribution in [2.75, 3.05) is 20.3 Å². The van der Waals surface area contributed by atoms with Crippen LogP contribution >= 0.6 is 39.2 Å². The largest absolute Gasteiger partial charge is 0.383 e. The van der Waals surface area contributed by atoms with Gasteiger partial charge in [0.05, 0.1) is 6.61 Å². The van der Waals surface area contributed by atoms with Crippen LogP contribution in [-0.4, -0.2) is 29.6 Å². The summed E-state index contributed by atoms with van der Waals surface area (Å²) in [6, 6.07) is 6.28. The molecule has 2 rings (SSSR count). The van der Waals surface area contributed by atoms with E-state index in [2.05, 4.69) is 48.8 Å². The summed E-state index contributed by atoms with van der Waals surface area (Å²) in [4.78, 5) is 5.40. The van der Waals surface area contributed by atoms with Gasteiger partial charge in [-0.2, -0.15) is 4.37 Å². The number of nitrogens with one attached hydrogen (secondary N) is 1. The van der Waals surface area contributed by atoms with Gasteiger partial charge in [0, 0.05) is 29.6 Å². The van der Waals surface area contributed by atoms with E-state index in [1.54, 1.807) is 25.2 Å². The van der Waals surface area contributed by atoms with Gasteiger partial charge < -0.3 is 10.1 Å². The second-order valence-corrected chi connectivity index (χ2v) is 6.72. The van der Waals surface area contributed by atoms with Gasteiger partial charge in [-0.3, -0.25) is 0 Å². The van der Waals surface area contributed by atoms with E-state index in [1.807, 2.05) is 0 Å². The maximum atomic E-state index is 5.02. The molecule has 0 saturated heterocycles. The van der Waals surface area contributed by atoms with Crippen LogP contribution < -0.4 is 5.32 Å². The zero-order valence-electron chi connectivity index (χ0n) is 10.4. The molecule has 1 aromatic heterocycles. The molecular weight excluding hydrogens is 346 g/mol. The lowest BCUT2D eigenvalue weighted by molar-refractivity contribution is 0.199. The minimum Gasteiger partial charge on any atom is -0.383 e. The lowest BCUT2D eigenvalue weighted by Gasteiger charge is -2.09. The van der Waals surface area contributed by atoms with Crippen LogP contribution in [0.5, 0.6) is 0 Å². The molecule has 1 N–H and O–H groups in total. The Kier molecular flexibility index (Phi) is 6.25. The van der Waals surface area contributed by atoms with E-state index in [0.717, 1.165) is 28.5 Å². The first-order chi connectivity index (χ1) is 9.29. The van der Waals surface area contributed by atoms with Crippen LogP contribution in [0.1, 0.15) is 5.56 Å². The Morgan fingerprint density at radius 3 is 3.11 bits per heavy atom. The molecule has 1 aromatic carbocycles. The maximum Gasteiger partial charge on any atom is 0.174 e. The molecule has 0 aliphatic rings. The molecule has 0 atom stereocenters. The molecule has 0 bridgehead atoms. The Bertz CT molecular complexity index is 508. The lowest BCUT2D eigenvalue weighted by Crippen LogP contribution is -2.18. The highest BCUT2D eigenvalue weighted by atomic mass is 79.9. The van der Waals surface area contributed by atoms with Crippen LogP contribution in [0.15, 0.2) is 38.2 Å². The van der Waals surface area contributed by atoms with E-state index >= 15 is 0 Å². The Labute approximate surface area is 129 Å². The second kappa shape index (κ2) is 7.96. The molecule has 0 saturated carbocycles. The van der Waals surface area contributed by atoms with Crippen LogP contribution in [0.3, 0.4) is 0 Å². The summed E-state index contributed by atoms with van der Waals surface area (Å²) in [5.41, 5.74) is 1.25. The number of benzene rings is 1. The minimum atomic E-state index is 0.718. The summed E-state index contributed by atoms with van der Waals surface area (Å²) in [6.07, 6.45) is 1.58. The van der Waals surface area contributed by atoms with E-state index in [4.69, 9.17) is 4.74 Å². The van der Waals surface area contributed by atoms with Gasteiger partial charge in [0.2, 0.25) is 0 Å². The van der Waals surface area contributed by atoms with Gasteiger partial charge in [0.25, 0.3) is 0 Å². The van der Waals surface area contributed by atoms with Gasteiger partial charge in [0.1, 0.15) is 6.33 Å². The smallest absolute Gasteiger partial charge is 0.174 e. The highest BCUT2D eigenvalue weighted by Gasteiger charge is 2.07. The number of nitrogens with zero attached hydrogens (tertiary/aromatic N) is 2. The van der Waals surface area contributed by atoms with Gasteiger partial charge >= 0.3 is 0 Å². The standard InChI is InChI=1S/C12H14BrN3OS2/c1-17-5-4-14-7-9-2-3-10(13)6-11(9)18-12-15-8-16-19-12/h2-3,6,8,14H,4-5,7H2,1H3. The Hall–Kier alpha value is -0.470. The number of ether oxygens (including phenoxy) is 1. The molecular formula is C12H14BrN3OS2. The number of aromatic nitrogens is 2. The highest BCUT2D eigenvalue weighted by molar-refractivity contribution is 9.10. The van der Waals surface area contributed by atoms with E-state index < -0.39 is 0 Å². The van der Waals surface area contributed by atoms with Crippen LogP contribution in [0.25, 0.3) is 0 Å². The topological polar surface area (TPSA) is 47.0 Å². The van der Waals surface area contributed by atoms with Crippen LogP contribution in [0.4, 0.5) is 0 Å². The zero-order valence-corrected chi connectivity index (χ0v) is 13.6. The number of rotatable bonds is 7. The van der Waals surface area contributed by atoms with Gasteiger partial charge in [-0.1, -0.05) is 33.8 Å². The average Bonchev–Trinajstić information content (AvgIpc) is 2.90. The molecule has 19 heavy (non-hydrogen) atoms. The summed E-state index contributed by atoms with van der Waals surface area (Å²) >= 11 is 6.56. The Morgan fingerprint density at radius 1 is 1.47 bits per heavy atom. The first-order valence-electron chi connectivity index (χ1n) is 5.72. The fourth-order valence-electron chi connectivity index (χ4n) is 1.47. The number of halogens is 1. The van der Waals surface area contributed by atoms with Gasteiger partial charge in [-0.05, 0) is 29.2 Å². The molecule has 0 amide bonds. The third kappa shape index (κ3) is 4.85. The molecule has 0 radical (unpaired) electrons. The van der Waals surface area contributed by atoms with Crippen molar-refractivity contribution in [2.45, 2.75) is 15.8 Å². The van der Waals surface area contributed by atoms with Crippen molar-refractivity contribution in [3.8, 4) is 0 Å².